The molecular formula is C17H19N3O3S. The molecule has 3 rings (SSSR count). The third-order valence-corrected chi connectivity index (χ3v) is 5.19. The van der Waals surface area contributed by atoms with Crippen LogP contribution in [0.3, 0.4) is 0 Å². The van der Waals surface area contributed by atoms with E-state index in [1.807, 2.05) is 32.9 Å². The SMILES string of the molecule is Cc1ccc(CN(C)C(=O)Cn2cnc3sc(C)c(C)c3c2=O)o1. The monoisotopic (exact) mass is 345 g/mol. The van der Waals surface area contributed by atoms with Crippen molar-refractivity contribution in [3.63, 3.8) is 0 Å². The third-order valence-electron chi connectivity index (χ3n) is 4.08. The molecule has 0 saturated carbocycles. The van der Waals surface area contributed by atoms with Crippen LogP contribution in [0.2, 0.25) is 0 Å². The van der Waals surface area contributed by atoms with Crippen molar-refractivity contribution in [3.8, 4) is 0 Å². The number of aryl methyl sites for hydroxylation is 3. The van der Waals surface area contributed by atoms with Crippen LogP contribution in [0.5, 0.6) is 0 Å². The van der Waals surface area contributed by atoms with Gasteiger partial charge in [0.05, 0.1) is 18.3 Å². The van der Waals surface area contributed by atoms with Gasteiger partial charge in [-0.05, 0) is 38.5 Å². The number of rotatable bonds is 4. The van der Waals surface area contributed by atoms with E-state index in [9.17, 15) is 9.59 Å². The highest BCUT2D eigenvalue weighted by atomic mass is 32.1. The van der Waals surface area contributed by atoms with Crippen LogP contribution < -0.4 is 5.56 Å². The normalized spacial score (nSPS) is 11.2. The topological polar surface area (TPSA) is 68.3 Å². The first-order valence-corrected chi connectivity index (χ1v) is 8.43. The summed E-state index contributed by atoms with van der Waals surface area (Å²) in [7, 11) is 1.69. The zero-order valence-electron chi connectivity index (χ0n) is 14.1. The number of furan rings is 1. The van der Waals surface area contributed by atoms with Crippen LogP contribution in [0, 0.1) is 20.8 Å². The second kappa shape index (κ2) is 6.24. The first-order chi connectivity index (χ1) is 11.4. The molecule has 0 spiro atoms. The molecule has 0 unspecified atom stereocenters. The summed E-state index contributed by atoms with van der Waals surface area (Å²) in [6.45, 7) is 6.07. The Hall–Kier alpha value is -2.41. The van der Waals surface area contributed by atoms with E-state index in [-0.39, 0.29) is 18.0 Å². The maximum absolute atomic E-state index is 12.6. The Bertz CT molecular complexity index is 967. The average Bonchev–Trinajstić information content (AvgIpc) is 3.06. The largest absolute Gasteiger partial charge is 0.464 e. The number of hydrogen-bond acceptors (Lipinski definition) is 5. The molecule has 0 saturated heterocycles. The van der Waals surface area contributed by atoms with Crippen molar-refractivity contribution in [2.45, 2.75) is 33.9 Å². The van der Waals surface area contributed by atoms with Gasteiger partial charge in [-0.15, -0.1) is 11.3 Å². The van der Waals surface area contributed by atoms with Crippen LogP contribution in [-0.2, 0) is 17.9 Å². The molecular weight excluding hydrogens is 326 g/mol. The van der Waals surface area contributed by atoms with Crippen molar-refractivity contribution in [3.05, 3.63) is 50.8 Å². The quantitative estimate of drug-likeness (QED) is 0.729. The van der Waals surface area contributed by atoms with Crippen molar-refractivity contribution in [2.75, 3.05) is 7.05 Å². The molecule has 6 nitrogen and oxygen atoms in total. The minimum absolute atomic E-state index is 0.0354. The highest BCUT2D eigenvalue weighted by Gasteiger charge is 2.16. The molecule has 0 radical (unpaired) electrons. The second-order valence-electron chi connectivity index (χ2n) is 5.90. The summed E-state index contributed by atoms with van der Waals surface area (Å²) >= 11 is 1.50. The van der Waals surface area contributed by atoms with Gasteiger partial charge in [-0.3, -0.25) is 14.2 Å². The van der Waals surface area contributed by atoms with Crippen LogP contribution in [0.15, 0.2) is 27.7 Å². The Morgan fingerprint density at radius 2 is 2.08 bits per heavy atom. The molecule has 0 aliphatic heterocycles. The smallest absolute Gasteiger partial charge is 0.262 e. The van der Waals surface area contributed by atoms with Gasteiger partial charge in [0.1, 0.15) is 22.9 Å². The number of carbonyl (C=O) groups is 1. The lowest BCUT2D eigenvalue weighted by Gasteiger charge is -2.16. The van der Waals surface area contributed by atoms with E-state index < -0.39 is 0 Å². The van der Waals surface area contributed by atoms with Crippen molar-refractivity contribution in [2.24, 2.45) is 0 Å². The predicted molar refractivity (Wildman–Crippen MR) is 93.3 cm³/mol. The molecule has 3 heterocycles. The molecule has 0 N–H and O–H groups in total. The summed E-state index contributed by atoms with van der Waals surface area (Å²) in [5, 5.41) is 0.608. The van der Waals surface area contributed by atoms with Crippen LogP contribution in [0.4, 0.5) is 0 Å². The molecule has 0 bridgehead atoms. The molecule has 0 aliphatic carbocycles. The Morgan fingerprint density at radius 1 is 1.33 bits per heavy atom. The molecule has 0 aliphatic rings. The van der Waals surface area contributed by atoms with E-state index in [2.05, 4.69) is 4.98 Å². The predicted octanol–water partition coefficient (Wildman–Crippen LogP) is 2.63. The van der Waals surface area contributed by atoms with E-state index in [1.54, 1.807) is 11.9 Å². The molecule has 1 amide bonds. The average molecular weight is 345 g/mol. The molecule has 7 heteroatoms. The number of likely N-dealkylation sites (N-methyl/N-ethyl adjacent to an activating group) is 1. The number of aromatic nitrogens is 2. The molecule has 3 aromatic rings. The first-order valence-electron chi connectivity index (χ1n) is 7.61. The van der Waals surface area contributed by atoms with Crippen LogP contribution in [-0.4, -0.2) is 27.4 Å². The van der Waals surface area contributed by atoms with Gasteiger partial charge < -0.3 is 9.32 Å². The lowest BCUT2D eigenvalue weighted by atomic mass is 10.2. The van der Waals surface area contributed by atoms with Crippen molar-refractivity contribution in [1.82, 2.24) is 14.5 Å². The summed E-state index contributed by atoms with van der Waals surface area (Å²) in [6, 6.07) is 3.70. The molecule has 3 aromatic heterocycles. The van der Waals surface area contributed by atoms with Gasteiger partial charge in [0.2, 0.25) is 5.91 Å². The molecule has 24 heavy (non-hydrogen) atoms. The zero-order chi connectivity index (χ0) is 17.4. The Kier molecular flexibility index (Phi) is 4.28. The maximum atomic E-state index is 12.6. The third kappa shape index (κ3) is 2.99. The Morgan fingerprint density at radius 3 is 2.75 bits per heavy atom. The fourth-order valence-electron chi connectivity index (χ4n) is 2.54. The number of thiophene rings is 1. The van der Waals surface area contributed by atoms with Gasteiger partial charge in [-0.1, -0.05) is 0 Å². The van der Waals surface area contributed by atoms with Crippen molar-refractivity contribution < 1.29 is 9.21 Å². The van der Waals surface area contributed by atoms with Gasteiger partial charge in [0.25, 0.3) is 5.56 Å². The number of carbonyl (C=O) groups excluding carboxylic acids is 1. The second-order valence-corrected chi connectivity index (χ2v) is 7.11. The summed E-state index contributed by atoms with van der Waals surface area (Å²) in [5.41, 5.74) is 0.770. The van der Waals surface area contributed by atoms with E-state index in [1.165, 1.54) is 22.2 Å². The van der Waals surface area contributed by atoms with Gasteiger partial charge in [-0.2, -0.15) is 0 Å². The molecule has 0 aromatic carbocycles. The summed E-state index contributed by atoms with van der Waals surface area (Å²) < 4.78 is 6.85. The van der Waals surface area contributed by atoms with E-state index in [4.69, 9.17) is 4.42 Å². The number of fused-ring (bicyclic) bond motifs is 1. The van der Waals surface area contributed by atoms with Gasteiger partial charge in [-0.25, -0.2) is 4.98 Å². The fourth-order valence-corrected chi connectivity index (χ4v) is 3.53. The maximum Gasteiger partial charge on any atom is 0.262 e. The lowest BCUT2D eigenvalue weighted by molar-refractivity contribution is -0.131. The number of amides is 1. The zero-order valence-corrected chi connectivity index (χ0v) is 14.9. The summed E-state index contributed by atoms with van der Waals surface area (Å²) in [5.74, 6) is 1.35. The van der Waals surface area contributed by atoms with Gasteiger partial charge in [0.15, 0.2) is 0 Å². The summed E-state index contributed by atoms with van der Waals surface area (Å²) in [6.07, 6.45) is 1.45. The summed E-state index contributed by atoms with van der Waals surface area (Å²) in [4.78, 5) is 32.7. The minimum atomic E-state index is -0.170. The highest BCUT2D eigenvalue weighted by Crippen LogP contribution is 2.25. The number of nitrogens with zero attached hydrogens (tertiary/aromatic N) is 3. The van der Waals surface area contributed by atoms with Crippen molar-refractivity contribution >= 4 is 27.5 Å². The first kappa shape index (κ1) is 16.4. The van der Waals surface area contributed by atoms with E-state index >= 15 is 0 Å². The van der Waals surface area contributed by atoms with Crippen LogP contribution in [0.1, 0.15) is 22.0 Å². The number of hydrogen-bond donors (Lipinski definition) is 0. The molecule has 0 atom stereocenters. The minimum Gasteiger partial charge on any atom is -0.464 e. The van der Waals surface area contributed by atoms with Crippen LogP contribution >= 0.6 is 11.3 Å². The Balaban J connectivity index is 1.81. The van der Waals surface area contributed by atoms with Crippen molar-refractivity contribution in [1.29, 1.82) is 0 Å². The van der Waals surface area contributed by atoms with E-state index in [0.717, 1.165) is 21.0 Å². The molecule has 126 valence electrons. The molecule has 0 fully saturated rings. The lowest BCUT2D eigenvalue weighted by Crippen LogP contribution is -2.33. The standard InChI is InChI=1S/C17H19N3O3S/c1-10-5-6-13(23-10)7-19(4)14(21)8-20-9-18-16-15(17(20)22)11(2)12(3)24-16/h5-6,9H,7-8H2,1-4H3. The van der Waals surface area contributed by atoms with Crippen LogP contribution in [0.25, 0.3) is 10.2 Å². The highest BCUT2D eigenvalue weighted by molar-refractivity contribution is 7.18. The van der Waals surface area contributed by atoms with E-state index in [0.29, 0.717) is 17.7 Å². The fraction of sp³-hybridized carbons (Fsp3) is 0.353. The van der Waals surface area contributed by atoms with Gasteiger partial charge >= 0.3 is 0 Å². The Labute approximate surface area is 143 Å². The van der Waals surface area contributed by atoms with Gasteiger partial charge in [0, 0.05) is 11.9 Å².